The van der Waals surface area contributed by atoms with Crippen LogP contribution in [0.25, 0.3) is 22.0 Å². The average Bonchev–Trinajstić information content (AvgIpc) is 2.94. The Bertz CT molecular complexity index is 892. The Balaban J connectivity index is 1.78. The number of aldehydes is 1. The van der Waals surface area contributed by atoms with Crippen molar-refractivity contribution in [3.63, 3.8) is 0 Å². The summed E-state index contributed by atoms with van der Waals surface area (Å²) in [4.78, 5) is 14.2. The van der Waals surface area contributed by atoms with Gasteiger partial charge in [-0.2, -0.15) is 0 Å². The number of carbonyl (C=O) groups excluding carboxylic acids is 1. The van der Waals surface area contributed by atoms with Crippen LogP contribution in [-0.4, -0.2) is 16.4 Å². The summed E-state index contributed by atoms with van der Waals surface area (Å²) in [5.41, 5.74) is 3.63. The maximum atomic E-state index is 11.1. The molecule has 0 aliphatic heterocycles. The predicted octanol–water partition coefficient (Wildman–Crippen LogP) is 4.67. The second-order valence-corrected chi connectivity index (χ2v) is 6.61. The number of nitrogens with one attached hydrogen (secondary N) is 1. The van der Waals surface area contributed by atoms with E-state index < -0.39 is 5.60 Å². The summed E-state index contributed by atoms with van der Waals surface area (Å²) < 4.78 is 0. The van der Waals surface area contributed by atoms with Crippen molar-refractivity contribution in [2.45, 2.75) is 24.9 Å². The van der Waals surface area contributed by atoms with E-state index in [-0.39, 0.29) is 0 Å². The molecule has 0 amide bonds. The van der Waals surface area contributed by atoms with Crippen LogP contribution in [0.2, 0.25) is 5.02 Å². The van der Waals surface area contributed by atoms with Gasteiger partial charge in [0, 0.05) is 28.2 Å². The average molecular weight is 326 g/mol. The minimum Gasteiger partial charge on any atom is -0.385 e. The predicted molar refractivity (Wildman–Crippen MR) is 91.9 cm³/mol. The van der Waals surface area contributed by atoms with Gasteiger partial charge in [0.25, 0.3) is 0 Å². The van der Waals surface area contributed by atoms with E-state index in [1.165, 1.54) is 0 Å². The topological polar surface area (TPSA) is 53.1 Å². The summed E-state index contributed by atoms with van der Waals surface area (Å²) in [7, 11) is 0. The quantitative estimate of drug-likeness (QED) is 0.687. The van der Waals surface area contributed by atoms with Crippen LogP contribution >= 0.6 is 11.6 Å². The third-order valence-corrected chi connectivity index (χ3v) is 5.16. The zero-order chi connectivity index (χ0) is 16.0. The second kappa shape index (κ2) is 5.22. The number of halogens is 1. The van der Waals surface area contributed by atoms with Gasteiger partial charge in [0.05, 0.1) is 10.6 Å². The number of rotatable bonds is 3. The first kappa shape index (κ1) is 14.5. The zero-order valence-electron chi connectivity index (χ0n) is 12.5. The molecule has 1 aromatic heterocycles. The van der Waals surface area contributed by atoms with Crippen LogP contribution in [0.1, 0.15) is 35.2 Å². The number of aromatic amines is 1. The molecule has 2 N–H and O–H groups in total. The third-order valence-electron chi connectivity index (χ3n) is 4.84. The molecule has 0 unspecified atom stereocenters. The van der Waals surface area contributed by atoms with E-state index in [0.717, 1.165) is 53.1 Å². The van der Waals surface area contributed by atoms with Gasteiger partial charge in [-0.25, -0.2) is 0 Å². The molecule has 2 aromatic carbocycles. The Morgan fingerprint density at radius 1 is 1.17 bits per heavy atom. The summed E-state index contributed by atoms with van der Waals surface area (Å²) >= 11 is 6.40. The van der Waals surface area contributed by atoms with Crippen LogP contribution in [-0.2, 0) is 5.60 Å². The fraction of sp³-hybridized carbons (Fsp3) is 0.211. The molecule has 1 heterocycles. The molecule has 1 fully saturated rings. The second-order valence-electron chi connectivity index (χ2n) is 6.20. The number of aliphatic hydroxyl groups is 1. The molecule has 0 spiro atoms. The van der Waals surface area contributed by atoms with E-state index in [9.17, 15) is 9.90 Å². The Labute approximate surface area is 138 Å². The van der Waals surface area contributed by atoms with E-state index in [1.807, 2.05) is 36.4 Å². The Morgan fingerprint density at radius 2 is 1.91 bits per heavy atom. The highest BCUT2D eigenvalue weighted by Gasteiger charge is 2.35. The lowest BCUT2D eigenvalue weighted by atomic mass is 9.75. The molecule has 0 saturated heterocycles. The van der Waals surface area contributed by atoms with Crippen LogP contribution in [0, 0.1) is 0 Å². The summed E-state index contributed by atoms with van der Waals surface area (Å²) in [5, 5.41) is 11.9. The van der Waals surface area contributed by atoms with E-state index >= 15 is 0 Å². The summed E-state index contributed by atoms with van der Waals surface area (Å²) in [6.07, 6.45) is 5.25. The molecule has 1 aliphatic carbocycles. The maximum Gasteiger partial charge on any atom is 0.152 e. The number of H-pyrrole nitrogens is 1. The van der Waals surface area contributed by atoms with Crippen molar-refractivity contribution in [1.82, 2.24) is 4.98 Å². The lowest BCUT2D eigenvalue weighted by Crippen LogP contribution is -2.33. The van der Waals surface area contributed by atoms with Crippen LogP contribution in [0.3, 0.4) is 0 Å². The van der Waals surface area contributed by atoms with Gasteiger partial charge in [-0.05, 0) is 42.5 Å². The molecule has 3 nitrogen and oxygen atoms in total. The normalized spacial score (nSPS) is 16.3. The maximum absolute atomic E-state index is 11.1. The summed E-state index contributed by atoms with van der Waals surface area (Å²) in [6, 6.07) is 11.7. The first-order chi connectivity index (χ1) is 11.1. The van der Waals surface area contributed by atoms with Gasteiger partial charge >= 0.3 is 0 Å². The highest BCUT2D eigenvalue weighted by molar-refractivity contribution is 6.34. The smallest absolute Gasteiger partial charge is 0.152 e. The van der Waals surface area contributed by atoms with Crippen LogP contribution in [0.4, 0.5) is 0 Å². The monoisotopic (exact) mass is 325 g/mol. The minimum atomic E-state index is -0.655. The SMILES string of the molecule is O=Cc1c[nH]c2cc(Cl)c(-c3ccc(C4(O)CCC4)cc3)cc12. The van der Waals surface area contributed by atoms with Crippen molar-refractivity contribution >= 4 is 28.8 Å². The molecule has 23 heavy (non-hydrogen) atoms. The first-order valence-electron chi connectivity index (χ1n) is 7.70. The molecule has 1 aliphatic rings. The van der Waals surface area contributed by atoms with Gasteiger partial charge in [0.15, 0.2) is 6.29 Å². The standard InChI is InChI=1S/C19H16ClNO2/c20-17-9-18-16(13(11-22)10-21-18)8-15(17)12-2-4-14(5-3-12)19(23)6-1-7-19/h2-5,8-11,21,23H,1,6-7H2. The highest BCUT2D eigenvalue weighted by Crippen LogP contribution is 2.42. The lowest BCUT2D eigenvalue weighted by molar-refractivity contribution is -0.0387. The molecule has 0 atom stereocenters. The highest BCUT2D eigenvalue weighted by atomic mass is 35.5. The number of hydrogen-bond acceptors (Lipinski definition) is 2. The summed E-state index contributed by atoms with van der Waals surface area (Å²) in [6.45, 7) is 0. The van der Waals surface area contributed by atoms with E-state index in [2.05, 4.69) is 4.98 Å². The fourth-order valence-electron chi connectivity index (χ4n) is 3.24. The molecule has 116 valence electrons. The summed E-state index contributed by atoms with van der Waals surface area (Å²) in [5.74, 6) is 0. The van der Waals surface area contributed by atoms with Crippen LogP contribution in [0.5, 0.6) is 0 Å². The molecule has 0 radical (unpaired) electrons. The largest absolute Gasteiger partial charge is 0.385 e. The van der Waals surface area contributed by atoms with Gasteiger partial charge in [-0.15, -0.1) is 0 Å². The van der Waals surface area contributed by atoms with Crippen LogP contribution in [0.15, 0.2) is 42.6 Å². The van der Waals surface area contributed by atoms with Crippen molar-refractivity contribution in [2.75, 3.05) is 0 Å². The van der Waals surface area contributed by atoms with Crippen molar-refractivity contribution in [3.05, 3.63) is 58.7 Å². The van der Waals surface area contributed by atoms with Gasteiger partial charge in [-0.1, -0.05) is 35.9 Å². The number of carbonyl (C=O) groups is 1. The Morgan fingerprint density at radius 3 is 2.52 bits per heavy atom. The van der Waals surface area contributed by atoms with Crippen molar-refractivity contribution < 1.29 is 9.90 Å². The molecule has 0 bridgehead atoms. The molecule has 4 heteroatoms. The van der Waals surface area contributed by atoms with Gasteiger partial charge in [-0.3, -0.25) is 4.79 Å². The molecule has 4 rings (SSSR count). The molecule has 1 saturated carbocycles. The third kappa shape index (κ3) is 2.28. The number of hydrogen-bond donors (Lipinski definition) is 2. The zero-order valence-corrected chi connectivity index (χ0v) is 13.2. The fourth-order valence-corrected chi connectivity index (χ4v) is 3.52. The van der Waals surface area contributed by atoms with Crippen molar-refractivity contribution in [3.8, 4) is 11.1 Å². The van der Waals surface area contributed by atoms with E-state index in [1.54, 1.807) is 6.20 Å². The molecular weight excluding hydrogens is 310 g/mol. The Kier molecular flexibility index (Phi) is 3.29. The number of fused-ring (bicyclic) bond motifs is 1. The molecule has 3 aromatic rings. The molecular formula is C19H16ClNO2. The van der Waals surface area contributed by atoms with Crippen LogP contribution < -0.4 is 0 Å². The lowest BCUT2D eigenvalue weighted by Gasteiger charge is -2.37. The van der Waals surface area contributed by atoms with Gasteiger partial charge < -0.3 is 10.1 Å². The number of benzene rings is 2. The van der Waals surface area contributed by atoms with E-state index in [4.69, 9.17) is 11.6 Å². The Hall–Kier alpha value is -2.10. The van der Waals surface area contributed by atoms with E-state index in [0.29, 0.717) is 10.6 Å². The first-order valence-corrected chi connectivity index (χ1v) is 8.08. The minimum absolute atomic E-state index is 0.623. The number of aromatic nitrogens is 1. The van der Waals surface area contributed by atoms with Gasteiger partial charge in [0.2, 0.25) is 0 Å². The van der Waals surface area contributed by atoms with Gasteiger partial charge in [0.1, 0.15) is 0 Å². The van der Waals surface area contributed by atoms with Crippen molar-refractivity contribution in [1.29, 1.82) is 0 Å². The van der Waals surface area contributed by atoms with Crippen molar-refractivity contribution in [2.24, 2.45) is 0 Å².